The molecule has 0 spiro atoms. The van der Waals surface area contributed by atoms with Gasteiger partial charge in [0.2, 0.25) is 0 Å². The molecule has 0 radical (unpaired) electrons. The summed E-state index contributed by atoms with van der Waals surface area (Å²) < 4.78 is 6.75. The molecule has 3 heterocycles. The number of aromatic amines is 1. The third-order valence-electron chi connectivity index (χ3n) is 6.12. The summed E-state index contributed by atoms with van der Waals surface area (Å²) in [5.41, 5.74) is 3.25. The van der Waals surface area contributed by atoms with Gasteiger partial charge in [0.05, 0.1) is 16.8 Å². The largest absolute Gasteiger partial charge is 0.452 e. The average Bonchev–Trinajstić information content (AvgIpc) is 3.25. The molecule has 2 aromatic heterocycles. The number of esters is 1. The lowest BCUT2D eigenvalue weighted by Crippen LogP contribution is -2.32. The van der Waals surface area contributed by atoms with Crippen molar-refractivity contribution in [3.8, 4) is 5.69 Å². The van der Waals surface area contributed by atoms with E-state index in [0.717, 1.165) is 36.3 Å². The molecule has 0 atom stereocenters. The van der Waals surface area contributed by atoms with E-state index < -0.39 is 18.5 Å². The monoisotopic (exact) mass is 471 g/mol. The number of ether oxygens (including phenoxy) is 1. The first kappa shape index (κ1) is 22.5. The number of rotatable bonds is 6. The maximum absolute atomic E-state index is 13.2. The van der Waals surface area contributed by atoms with Crippen LogP contribution in [0.2, 0.25) is 0 Å². The van der Waals surface area contributed by atoms with Crippen molar-refractivity contribution in [3.63, 3.8) is 0 Å². The Balaban J connectivity index is 1.33. The first-order valence-corrected chi connectivity index (χ1v) is 11.5. The van der Waals surface area contributed by atoms with Crippen LogP contribution in [-0.2, 0) is 22.5 Å². The van der Waals surface area contributed by atoms with E-state index in [-0.39, 0.29) is 11.4 Å². The van der Waals surface area contributed by atoms with E-state index in [4.69, 9.17) is 9.72 Å². The Morgan fingerprint density at radius 1 is 1.11 bits per heavy atom. The van der Waals surface area contributed by atoms with Gasteiger partial charge < -0.3 is 10.1 Å². The molecule has 2 N–H and O–H groups in total. The summed E-state index contributed by atoms with van der Waals surface area (Å²) in [7, 11) is 0. The third kappa shape index (κ3) is 4.58. The van der Waals surface area contributed by atoms with Gasteiger partial charge in [-0.1, -0.05) is 43.3 Å². The minimum absolute atomic E-state index is 0.213. The van der Waals surface area contributed by atoms with Crippen LogP contribution in [0.25, 0.3) is 16.6 Å². The van der Waals surface area contributed by atoms with Crippen LogP contribution in [0.1, 0.15) is 28.5 Å². The van der Waals surface area contributed by atoms with Crippen molar-refractivity contribution < 1.29 is 14.3 Å². The Labute approximate surface area is 201 Å². The van der Waals surface area contributed by atoms with E-state index in [1.54, 1.807) is 12.1 Å². The number of aromatic nitrogens is 3. The number of fused-ring (bicyclic) bond motifs is 2. The molecule has 9 heteroatoms. The summed E-state index contributed by atoms with van der Waals surface area (Å²) in [6.45, 7) is 3.95. The molecule has 178 valence electrons. The second-order valence-electron chi connectivity index (χ2n) is 8.35. The number of H-pyrrole nitrogens is 1. The van der Waals surface area contributed by atoms with Crippen LogP contribution in [0.4, 0.5) is 5.82 Å². The topological polar surface area (TPSA) is 109 Å². The predicted octanol–water partition coefficient (Wildman–Crippen LogP) is 2.89. The van der Waals surface area contributed by atoms with E-state index in [9.17, 15) is 14.4 Å². The number of likely N-dealkylation sites (N-methyl/N-ethyl adjacent to an activating group) is 1. The van der Waals surface area contributed by atoms with Gasteiger partial charge in [0, 0.05) is 42.2 Å². The maximum atomic E-state index is 13.2. The van der Waals surface area contributed by atoms with Crippen molar-refractivity contribution in [1.82, 2.24) is 19.7 Å². The summed E-state index contributed by atoms with van der Waals surface area (Å²) in [4.78, 5) is 45.0. The maximum Gasteiger partial charge on any atom is 0.339 e. The van der Waals surface area contributed by atoms with Gasteiger partial charge in [0.1, 0.15) is 5.82 Å². The average molecular weight is 472 g/mol. The number of nitrogens with one attached hydrogen (secondary N) is 2. The van der Waals surface area contributed by atoms with E-state index >= 15 is 0 Å². The van der Waals surface area contributed by atoms with Crippen LogP contribution in [-0.4, -0.2) is 51.2 Å². The Morgan fingerprint density at radius 2 is 1.89 bits per heavy atom. The van der Waals surface area contributed by atoms with Gasteiger partial charge in [-0.2, -0.15) is 0 Å². The Bertz CT molecular complexity index is 1460. The van der Waals surface area contributed by atoms with Crippen molar-refractivity contribution in [3.05, 3.63) is 87.8 Å². The van der Waals surface area contributed by atoms with Crippen LogP contribution < -0.4 is 10.9 Å². The quantitative estimate of drug-likeness (QED) is 0.419. The van der Waals surface area contributed by atoms with Crippen LogP contribution in [0.5, 0.6) is 0 Å². The molecule has 0 fully saturated rings. The molecule has 5 rings (SSSR count). The van der Waals surface area contributed by atoms with Crippen LogP contribution >= 0.6 is 0 Å². The number of amides is 1. The highest BCUT2D eigenvalue weighted by Crippen LogP contribution is 2.28. The van der Waals surface area contributed by atoms with Gasteiger partial charge in [-0.15, -0.1) is 0 Å². The Morgan fingerprint density at radius 3 is 2.69 bits per heavy atom. The molecule has 0 bridgehead atoms. The summed E-state index contributed by atoms with van der Waals surface area (Å²) >= 11 is 0. The molecule has 0 saturated heterocycles. The van der Waals surface area contributed by atoms with Gasteiger partial charge in [-0.25, -0.2) is 9.48 Å². The summed E-state index contributed by atoms with van der Waals surface area (Å²) in [6.07, 6.45) is 0.751. The van der Waals surface area contributed by atoms with Crippen molar-refractivity contribution in [2.75, 3.05) is 25.0 Å². The number of carbonyl (C=O) groups is 2. The van der Waals surface area contributed by atoms with Crippen molar-refractivity contribution in [2.45, 2.75) is 19.9 Å². The normalized spacial score (nSPS) is 13.4. The zero-order valence-corrected chi connectivity index (χ0v) is 19.3. The lowest BCUT2D eigenvalue weighted by atomic mass is 9.96. The van der Waals surface area contributed by atoms with E-state index in [2.05, 4.69) is 22.2 Å². The summed E-state index contributed by atoms with van der Waals surface area (Å²) in [5, 5.41) is 6.13. The second kappa shape index (κ2) is 9.55. The highest BCUT2D eigenvalue weighted by Gasteiger charge is 2.26. The molecule has 0 saturated carbocycles. The Kier molecular flexibility index (Phi) is 6.15. The van der Waals surface area contributed by atoms with E-state index in [1.807, 2.05) is 42.5 Å². The number of benzene rings is 2. The molecule has 4 aromatic rings. The summed E-state index contributed by atoms with van der Waals surface area (Å²) in [6, 6.07) is 17.7. The number of hydrogen-bond donors (Lipinski definition) is 2. The number of para-hydroxylation sites is 2. The fraction of sp³-hybridized carbons (Fsp3) is 0.231. The number of pyridine rings is 1. The van der Waals surface area contributed by atoms with E-state index in [1.165, 1.54) is 10.7 Å². The highest BCUT2D eigenvalue weighted by atomic mass is 16.5. The van der Waals surface area contributed by atoms with Gasteiger partial charge in [0.25, 0.3) is 11.5 Å². The zero-order valence-electron chi connectivity index (χ0n) is 19.3. The van der Waals surface area contributed by atoms with Crippen LogP contribution in [0.3, 0.4) is 0 Å². The molecular formula is C26H25N5O4. The highest BCUT2D eigenvalue weighted by molar-refractivity contribution is 6.06. The SMILES string of the molecule is CCN1CCc2nc3ccccc3c(C(=O)OCC(=O)Nc3cc(=O)n(-c4ccccc4)[nH]3)c2C1. The minimum Gasteiger partial charge on any atom is -0.452 e. The number of anilines is 1. The molecule has 2 aromatic carbocycles. The molecule has 0 unspecified atom stereocenters. The predicted molar refractivity (Wildman–Crippen MR) is 132 cm³/mol. The molecule has 1 aliphatic heterocycles. The lowest BCUT2D eigenvalue weighted by molar-refractivity contribution is -0.119. The molecule has 9 nitrogen and oxygen atoms in total. The second-order valence-corrected chi connectivity index (χ2v) is 8.35. The van der Waals surface area contributed by atoms with Crippen LogP contribution in [0, 0.1) is 0 Å². The van der Waals surface area contributed by atoms with Crippen molar-refractivity contribution in [1.29, 1.82) is 0 Å². The number of nitrogens with zero attached hydrogens (tertiary/aromatic N) is 3. The fourth-order valence-corrected chi connectivity index (χ4v) is 4.37. The lowest BCUT2D eigenvalue weighted by Gasteiger charge is -2.28. The van der Waals surface area contributed by atoms with Crippen molar-refractivity contribution in [2.24, 2.45) is 0 Å². The smallest absolute Gasteiger partial charge is 0.339 e. The number of carbonyl (C=O) groups excluding carboxylic acids is 2. The third-order valence-corrected chi connectivity index (χ3v) is 6.12. The van der Waals surface area contributed by atoms with Crippen molar-refractivity contribution >= 4 is 28.6 Å². The summed E-state index contributed by atoms with van der Waals surface area (Å²) in [5.74, 6) is -0.907. The van der Waals surface area contributed by atoms with Crippen LogP contribution in [0.15, 0.2) is 65.5 Å². The molecule has 1 aliphatic rings. The molecule has 1 amide bonds. The molecule has 35 heavy (non-hydrogen) atoms. The molecular weight excluding hydrogens is 446 g/mol. The minimum atomic E-state index is -0.566. The standard InChI is InChI=1S/C26H25N5O4/c1-2-30-13-12-21-19(15-30)25(18-10-6-7-11-20(18)27-21)26(34)35-16-23(32)28-22-14-24(33)31(29-22)17-8-4-3-5-9-17/h3-11,14,29H,2,12-13,15-16H2,1H3,(H,28,32). The Hall–Kier alpha value is -4.24. The van der Waals surface area contributed by atoms with E-state index in [0.29, 0.717) is 23.2 Å². The zero-order chi connectivity index (χ0) is 24.4. The first-order chi connectivity index (χ1) is 17.0. The van der Waals surface area contributed by atoms with Gasteiger partial charge in [0.15, 0.2) is 6.61 Å². The van der Waals surface area contributed by atoms with Gasteiger partial charge in [-0.05, 0) is 24.7 Å². The molecule has 0 aliphatic carbocycles. The first-order valence-electron chi connectivity index (χ1n) is 11.5. The van der Waals surface area contributed by atoms with Gasteiger partial charge >= 0.3 is 5.97 Å². The number of hydrogen-bond acceptors (Lipinski definition) is 6. The van der Waals surface area contributed by atoms with Gasteiger partial charge in [-0.3, -0.25) is 24.6 Å². The fourth-order valence-electron chi connectivity index (χ4n) is 4.37.